The minimum atomic E-state index is 0.256. The third-order valence-corrected chi connectivity index (χ3v) is 2.14. The fraction of sp³-hybridized carbons (Fsp3) is 0.154. The van der Waals surface area contributed by atoms with Gasteiger partial charge in [0.25, 0.3) is 0 Å². The Morgan fingerprint density at radius 2 is 2.06 bits per heavy atom. The molecule has 0 amide bonds. The second kappa shape index (κ2) is 5.28. The molecule has 0 atom stereocenters. The van der Waals surface area contributed by atoms with E-state index in [4.69, 9.17) is 9.47 Å². The molecule has 2 aromatic rings. The van der Waals surface area contributed by atoms with Crippen molar-refractivity contribution in [3.63, 3.8) is 0 Å². The van der Waals surface area contributed by atoms with Crippen LogP contribution in [-0.2, 0) is 4.74 Å². The highest BCUT2D eigenvalue weighted by Gasteiger charge is 2.00. The van der Waals surface area contributed by atoms with E-state index in [1.807, 2.05) is 42.5 Å². The van der Waals surface area contributed by atoms with Crippen LogP contribution in [-0.4, -0.2) is 18.9 Å². The van der Waals surface area contributed by atoms with Crippen molar-refractivity contribution in [1.82, 2.24) is 4.98 Å². The SMILES string of the molecule is COCOc1cccc(-c2ccccn2)c1. The van der Waals surface area contributed by atoms with Crippen molar-refractivity contribution >= 4 is 0 Å². The van der Waals surface area contributed by atoms with Crippen LogP contribution >= 0.6 is 0 Å². The van der Waals surface area contributed by atoms with Gasteiger partial charge in [0.15, 0.2) is 6.79 Å². The molecule has 1 heterocycles. The Morgan fingerprint density at radius 3 is 2.81 bits per heavy atom. The van der Waals surface area contributed by atoms with Gasteiger partial charge in [0, 0.05) is 18.9 Å². The summed E-state index contributed by atoms with van der Waals surface area (Å²) < 4.78 is 10.2. The Morgan fingerprint density at radius 1 is 1.12 bits per heavy atom. The molecule has 0 saturated carbocycles. The Balaban J connectivity index is 2.22. The molecule has 0 aliphatic heterocycles. The van der Waals surface area contributed by atoms with Crippen molar-refractivity contribution in [2.45, 2.75) is 0 Å². The second-order valence-corrected chi connectivity index (χ2v) is 3.29. The molecule has 0 spiro atoms. The van der Waals surface area contributed by atoms with Crippen LogP contribution in [0, 0.1) is 0 Å². The Hall–Kier alpha value is -1.87. The zero-order chi connectivity index (χ0) is 11.2. The van der Waals surface area contributed by atoms with E-state index in [1.54, 1.807) is 13.3 Å². The zero-order valence-corrected chi connectivity index (χ0v) is 9.09. The first-order valence-electron chi connectivity index (χ1n) is 5.03. The second-order valence-electron chi connectivity index (χ2n) is 3.29. The minimum absolute atomic E-state index is 0.256. The summed E-state index contributed by atoms with van der Waals surface area (Å²) in [5.41, 5.74) is 1.97. The first-order chi connectivity index (χ1) is 7.90. The normalized spacial score (nSPS) is 10.1. The quantitative estimate of drug-likeness (QED) is 0.735. The summed E-state index contributed by atoms with van der Waals surface area (Å²) in [7, 11) is 1.60. The lowest BCUT2D eigenvalue weighted by Gasteiger charge is -2.06. The fourth-order valence-corrected chi connectivity index (χ4v) is 1.41. The smallest absolute Gasteiger partial charge is 0.188 e. The first-order valence-corrected chi connectivity index (χ1v) is 5.03. The van der Waals surface area contributed by atoms with Gasteiger partial charge in [-0.05, 0) is 24.3 Å². The summed E-state index contributed by atoms with van der Waals surface area (Å²) >= 11 is 0. The van der Waals surface area contributed by atoms with E-state index in [0.717, 1.165) is 17.0 Å². The third kappa shape index (κ3) is 2.58. The molecule has 82 valence electrons. The van der Waals surface area contributed by atoms with Crippen LogP contribution in [0.4, 0.5) is 0 Å². The molecule has 0 bridgehead atoms. The maximum atomic E-state index is 5.37. The number of hydrogen-bond donors (Lipinski definition) is 0. The maximum absolute atomic E-state index is 5.37. The summed E-state index contributed by atoms with van der Waals surface area (Å²) in [6.45, 7) is 0.256. The molecule has 16 heavy (non-hydrogen) atoms. The lowest BCUT2D eigenvalue weighted by atomic mass is 10.1. The summed E-state index contributed by atoms with van der Waals surface area (Å²) in [5.74, 6) is 0.782. The molecular weight excluding hydrogens is 202 g/mol. The van der Waals surface area contributed by atoms with Gasteiger partial charge in [-0.1, -0.05) is 18.2 Å². The van der Waals surface area contributed by atoms with Crippen molar-refractivity contribution in [3.8, 4) is 17.0 Å². The minimum Gasteiger partial charge on any atom is -0.468 e. The molecule has 0 N–H and O–H groups in total. The van der Waals surface area contributed by atoms with E-state index in [9.17, 15) is 0 Å². The summed E-state index contributed by atoms with van der Waals surface area (Å²) in [5, 5.41) is 0. The highest BCUT2D eigenvalue weighted by Crippen LogP contribution is 2.21. The highest BCUT2D eigenvalue weighted by atomic mass is 16.7. The van der Waals surface area contributed by atoms with Crippen molar-refractivity contribution in [2.24, 2.45) is 0 Å². The van der Waals surface area contributed by atoms with E-state index in [2.05, 4.69) is 4.98 Å². The van der Waals surface area contributed by atoms with Gasteiger partial charge < -0.3 is 9.47 Å². The van der Waals surface area contributed by atoms with Gasteiger partial charge in [0.05, 0.1) is 5.69 Å². The molecule has 2 rings (SSSR count). The molecular formula is C13H13NO2. The molecule has 0 unspecified atom stereocenters. The third-order valence-electron chi connectivity index (χ3n) is 2.14. The number of nitrogens with zero attached hydrogens (tertiary/aromatic N) is 1. The summed E-state index contributed by atoms with van der Waals surface area (Å²) in [6.07, 6.45) is 1.78. The average molecular weight is 215 g/mol. The zero-order valence-electron chi connectivity index (χ0n) is 9.09. The number of pyridine rings is 1. The van der Waals surface area contributed by atoms with Crippen molar-refractivity contribution in [1.29, 1.82) is 0 Å². The number of methoxy groups -OCH3 is 1. The van der Waals surface area contributed by atoms with Gasteiger partial charge in [0.2, 0.25) is 0 Å². The lowest BCUT2D eigenvalue weighted by Crippen LogP contribution is -1.98. The van der Waals surface area contributed by atoms with Gasteiger partial charge in [-0.3, -0.25) is 4.98 Å². The molecule has 0 fully saturated rings. The Labute approximate surface area is 94.7 Å². The number of ether oxygens (including phenoxy) is 2. The van der Waals surface area contributed by atoms with Crippen LogP contribution < -0.4 is 4.74 Å². The van der Waals surface area contributed by atoms with Gasteiger partial charge >= 0.3 is 0 Å². The van der Waals surface area contributed by atoms with E-state index in [0.29, 0.717) is 0 Å². The van der Waals surface area contributed by atoms with Gasteiger partial charge in [-0.25, -0.2) is 0 Å². The van der Waals surface area contributed by atoms with Crippen molar-refractivity contribution < 1.29 is 9.47 Å². The van der Waals surface area contributed by atoms with Crippen molar-refractivity contribution in [2.75, 3.05) is 13.9 Å². The average Bonchev–Trinajstić information content (AvgIpc) is 2.38. The van der Waals surface area contributed by atoms with Crippen LogP contribution in [0.15, 0.2) is 48.7 Å². The van der Waals surface area contributed by atoms with Crippen LogP contribution in [0.1, 0.15) is 0 Å². The van der Waals surface area contributed by atoms with Crippen LogP contribution in [0.3, 0.4) is 0 Å². The molecule has 0 saturated heterocycles. The van der Waals surface area contributed by atoms with Gasteiger partial charge in [-0.15, -0.1) is 0 Å². The Bertz CT molecular complexity index is 443. The highest BCUT2D eigenvalue weighted by molar-refractivity contribution is 5.60. The first kappa shape index (κ1) is 10.6. The number of benzene rings is 1. The van der Waals surface area contributed by atoms with Gasteiger partial charge in [0.1, 0.15) is 5.75 Å². The number of aromatic nitrogens is 1. The number of hydrogen-bond acceptors (Lipinski definition) is 3. The fourth-order valence-electron chi connectivity index (χ4n) is 1.41. The Kier molecular flexibility index (Phi) is 3.51. The molecule has 1 aromatic heterocycles. The van der Waals surface area contributed by atoms with Crippen LogP contribution in [0.25, 0.3) is 11.3 Å². The predicted molar refractivity (Wildman–Crippen MR) is 62.2 cm³/mol. The van der Waals surface area contributed by atoms with Gasteiger partial charge in [-0.2, -0.15) is 0 Å². The molecule has 0 aliphatic rings. The largest absolute Gasteiger partial charge is 0.468 e. The molecule has 1 aromatic carbocycles. The van der Waals surface area contributed by atoms with Crippen molar-refractivity contribution in [3.05, 3.63) is 48.7 Å². The summed E-state index contributed by atoms with van der Waals surface area (Å²) in [4.78, 5) is 4.28. The molecule has 0 aliphatic carbocycles. The predicted octanol–water partition coefficient (Wildman–Crippen LogP) is 2.73. The summed E-state index contributed by atoms with van der Waals surface area (Å²) in [6, 6.07) is 13.6. The lowest BCUT2D eigenvalue weighted by molar-refractivity contribution is 0.0511. The topological polar surface area (TPSA) is 31.4 Å². The standard InChI is InChI=1S/C13H13NO2/c1-15-10-16-12-6-4-5-11(9-12)13-7-2-3-8-14-13/h2-9H,10H2,1H3. The molecule has 3 heteroatoms. The molecule has 3 nitrogen and oxygen atoms in total. The van der Waals surface area contributed by atoms with E-state index < -0.39 is 0 Å². The molecule has 0 radical (unpaired) electrons. The van der Waals surface area contributed by atoms with E-state index >= 15 is 0 Å². The maximum Gasteiger partial charge on any atom is 0.188 e. The van der Waals surface area contributed by atoms with Crippen LogP contribution in [0.5, 0.6) is 5.75 Å². The monoisotopic (exact) mass is 215 g/mol. The number of rotatable bonds is 4. The van der Waals surface area contributed by atoms with E-state index in [1.165, 1.54) is 0 Å². The van der Waals surface area contributed by atoms with E-state index in [-0.39, 0.29) is 6.79 Å². The van der Waals surface area contributed by atoms with Crippen LogP contribution in [0.2, 0.25) is 0 Å².